The van der Waals surface area contributed by atoms with Gasteiger partial charge in [0.15, 0.2) is 11.2 Å². The monoisotopic (exact) mass is 615 g/mol. The first-order chi connectivity index (χ1) is 20.7. The molecule has 1 saturated heterocycles. The number of hydrogen-bond donors (Lipinski definition) is 0. The largest absolute Gasteiger partial charge is 0.380 e. The van der Waals surface area contributed by atoms with E-state index in [1.807, 2.05) is 66.7 Å². The van der Waals surface area contributed by atoms with Crippen molar-refractivity contribution < 1.29 is 18.7 Å². The molecule has 1 aliphatic carbocycles. The van der Waals surface area contributed by atoms with Gasteiger partial charge in [0.1, 0.15) is 0 Å². The molecule has 43 heavy (non-hydrogen) atoms. The minimum atomic E-state index is -1.03. The first-order valence-electron chi connectivity index (χ1n) is 14.8. The third-order valence-corrected chi connectivity index (χ3v) is 9.14. The molecule has 2 aromatic carbocycles. The van der Waals surface area contributed by atoms with Gasteiger partial charge in [-0.2, -0.15) is 0 Å². The molecule has 2 aliphatic rings. The molecule has 10 nitrogen and oxygen atoms in total. The quantitative estimate of drug-likeness (QED) is 0.148. The highest BCUT2D eigenvalue weighted by atomic mass is 32.2. The Morgan fingerprint density at radius 2 is 1.58 bits per heavy atom. The highest BCUT2D eigenvalue weighted by Crippen LogP contribution is 2.31. The summed E-state index contributed by atoms with van der Waals surface area (Å²) in [4.78, 5) is 25.4. The SMILES string of the molecule is C=CCN(C=O)C1CCN(CC2CCC(N(C)S(=O)N(C)C)C2)CC1.COCc1ccc([N+](=O)[O-])cc1.c1ccccc1. The van der Waals surface area contributed by atoms with Crippen molar-refractivity contribution in [2.45, 2.75) is 50.8 Å². The molecule has 0 bridgehead atoms. The van der Waals surface area contributed by atoms with Crippen molar-refractivity contribution >= 4 is 23.3 Å². The standard InChI is InChI=1S/C18H34N4O2S.C8H9NO3.C6H6/c1-5-10-22(15-23)17-8-11-21(12-9-17)14-16-6-7-18(13-16)20(4)25(24)19(2)3;1-12-6-7-2-4-8(5-3-7)9(10)11;1-2-4-6-5-3-1/h5,15-18H,1,6-14H2,2-4H3;2-5H,6H2,1H3;1-6H. The van der Waals surface area contributed by atoms with Gasteiger partial charge >= 0.3 is 0 Å². The van der Waals surface area contributed by atoms with Crippen molar-refractivity contribution in [2.24, 2.45) is 5.92 Å². The fourth-order valence-electron chi connectivity index (χ4n) is 5.42. The lowest BCUT2D eigenvalue weighted by molar-refractivity contribution is -0.384. The number of likely N-dealkylation sites (tertiary alicyclic amines) is 1. The van der Waals surface area contributed by atoms with Gasteiger partial charge in [-0.1, -0.05) is 42.5 Å². The van der Waals surface area contributed by atoms with Crippen LogP contribution in [0.15, 0.2) is 73.3 Å². The van der Waals surface area contributed by atoms with Crippen LogP contribution in [0.3, 0.4) is 0 Å². The van der Waals surface area contributed by atoms with Crippen LogP contribution in [0.2, 0.25) is 0 Å². The number of carbonyl (C=O) groups is 1. The summed E-state index contributed by atoms with van der Waals surface area (Å²) in [6, 6.07) is 19.1. The lowest BCUT2D eigenvalue weighted by Gasteiger charge is -2.37. The molecule has 0 radical (unpaired) electrons. The topological polar surface area (TPSA) is 99.5 Å². The Morgan fingerprint density at radius 3 is 2.05 bits per heavy atom. The van der Waals surface area contributed by atoms with Gasteiger partial charge < -0.3 is 14.5 Å². The molecule has 11 heteroatoms. The van der Waals surface area contributed by atoms with E-state index in [0.29, 0.717) is 31.2 Å². The minimum Gasteiger partial charge on any atom is -0.380 e. The zero-order valence-corrected chi connectivity index (χ0v) is 26.9. The summed E-state index contributed by atoms with van der Waals surface area (Å²) in [5, 5.41) is 10.2. The maximum Gasteiger partial charge on any atom is 0.269 e. The fraction of sp³-hybridized carbons (Fsp3) is 0.531. The molecule has 0 N–H and O–H groups in total. The van der Waals surface area contributed by atoms with E-state index in [0.717, 1.165) is 57.3 Å². The lowest BCUT2D eigenvalue weighted by Crippen LogP contribution is -2.45. The van der Waals surface area contributed by atoms with Crippen LogP contribution in [0.5, 0.6) is 0 Å². The Bertz CT molecular complexity index is 1070. The summed E-state index contributed by atoms with van der Waals surface area (Å²) >= 11 is -1.03. The van der Waals surface area contributed by atoms with Crippen LogP contribution in [0, 0.1) is 16.0 Å². The third kappa shape index (κ3) is 13.1. The number of rotatable bonds is 12. The first-order valence-corrected chi connectivity index (χ1v) is 15.8. The van der Waals surface area contributed by atoms with E-state index in [-0.39, 0.29) is 5.69 Å². The van der Waals surface area contributed by atoms with Gasteiger partial charge in [0, 0.05) is 78.6 Å². The molecule has 1 aliphatic heterocycles. The van der Waals surface area contributed by atoms with Gasteiger partial charge in [0.25, 0.3) is 5.69 Å². The van der Waals surface area contributed by atoms with Gasteiger partial charge in [0.2, 0.25) is 6.41 Å². The van der Waals surface area contributed by atoms with E-state index in [9.17, 15) is 19.1 Å². The molecule has 0 spiro atoms. The molecule has 2 fully saturated rings. The smallest absolute Gasteiger partial charge is 0.269 e. The summed E-state index contributed by atoms with van der Waals surface area (Å²) < 4.78 is 20.9. The number of hydrogen-bond acceptors (Lipinski definition) is 6. The number of ether oxygens (including phenoxy) is 1. The van der Waals surface area contributed by atoms with Crippen molar-refractivity contribution in [2.75, 3.05) is 54.4 Å². The summed E-state index contributed by atoms with van der Waals surface area (Å²) in [6.45, 7) is 8.12. The number of nitrogens with zero attached hydrogens (tertiary/aromatic N) is 5. The van der Waals surface area contributed by atoms with E-state index in [1.165, 1.54) is 18.6 Å². The second-order valence-corrected chi connectivity index (χ2v) is 12.8. The summed E-state index contributed by atoms with van der Waals surface area (Å²) in [5.41, 5.74) is 1.04. The molecule has 1 heterocycles. The van der Waals surface area contributed by atoms with E-state index in [2.05, 4.69) is 11.5 Å². The average molecular weight is 616 g/mol. The number of benzene rings is 2. The third-order valence-electron chi connectivity index (χ3n) is 7.73. The second-order valence-electron chi connectivity index (χ2n) is 11.1. The Balaban J connectivity index is 0.000000292. The number of carbonyl (C=O) groups excluding carboxylic acids is 1. The number of nitro benzene ring substituents is 1. The second kappa shape index (κ2) is 20.1. The van der Waals surface area contributed by atoms with Gasteiger partial charge in [-0.15, -0.1) is 6.58 Å². The Labute approximate surface area is 260 Å². The average Bonchev–Trinajstić information content (AvgIpc) is 3.50. The Morgan fingerprint density at radius 1 is 1.00 bits per heavy atom. The van der Waals surface area contributed by atoms with E-state index in [4.69, 9.17) is 4.74 Å². The Hall–Kier alpha value is -2.96. The van der Waals surface area contributed by atoms with E-state index < -0.39 is 16.1 Å². The molecule has 3 atom stereocenters. The number of piperidine rings is 1. The van der Waals surface area contributed by atoms with Gasteiger partial charge in [-0.3, -0.25) is 14.9 Å². The predicted molar refractivity (Wildman–Crippen MR) is 173 cm³/mol. The van der Waals surface area contributed by atoms with Gasteiger partial charge in [-0.25, -0.2) is 12.8 Å². The molecule has 1 saturated carbocycles. The van der Waals surface area contributed by atoms with Crippen LogP contribution >= 0.6 is 0 Å². The van der Waals surface area contributed by atoms with Crippen molar-refractivity contribution in [3.63, 3.8) is 0 Å². The molecular formula is C32H49N5O5S. The zero-order valence-electron chi connectivity index (χ0n) is 26.1. The van der Waals surface area contributed by atoms with Gasteiger partial charge in [-0.05, 0) is 55.7 Å². The van der Waals surface area contributed by atoms with E-state index in [1.54, 1.807) is 29.6 Å². The highest BCUT2D eigenvalue weighted by Gasteiger charge is 2.32. The number of amides is 1. The highest BCUT2D eigenvalue weighted by molar-refractivity contribution is 7.80. The summed E-state index contributed by atoms with van der Waals surface area (Å²) in [7, 11) is 7.28. The van der Waals surface area contributed by atoms with Crippen LogP contribution in [0.4, 0.5) is 5.69 Å². The number of nitro groups is 1. The van der Waals surface area contributed by atoms with Crippen molar-refractivity contribution in [3.8, 4) is 0 Å². The van der Waals surface area contributed by atoms with Crippen LogP contribution in [0.25, 0.3) is 0 Å². The molecular weight excluding hydrogens is 566 g/mol. The van der Waals surface area contributed by atoms with Crippen molar-refractivity contribution in [1.82, 2.24) is 18.4 Å². The Kier molecular flexibility index (Phi) is 16.9. The molecule has 4 rings (SSSR count). The first kappa shape index (κ1) is 36.2. The normalized spacial score (nSPS) is 19.5. The summed E-state index contributed by atoms with van der Waals surface area (Å²) in [5.74, 6) is 0.693. The van der Waals surface area contributed by atoms with Crippen LogP contribution in [-0.2, 0) is 27.3 Å². The van der Waals surface area contributed by atoms with Crippen LogP contribution in [0.1, 0.15) is 37.7 Å². The molecule has 1 amide bonds. The molecule has 238 valence electrons. The maximum atomic E-state index is 12.2. The fourth-order valence-corrected chi connectivity index (χ4v) is 6.38. The molecule has 2 aromatic rings. The predicted octanol–water partition coefficient (Wildman–Crippen LogP) is 4.76. The van der Waals surface area contributed by atoms with E-state index >= 15 is 0 Å². The number of non-ortho nitro benzene ring substituents is 1. The van der Waals surface area contributed by atoms with Gasteiger partial charge in [0.05, 0.1) is 11.5 Å². The maximum absolute atomic E-state index is 12.2. The molecule has 3 unspecified atom stereocenters. The number of methoxy groups -OCH3 is 1. The lowest BCUT2D eigenvalue weighted by atomic mass is 10.0. The van der Waals surface area contributed by atoms with Crippen LogP contribution < -0.4 is 0 Å². The summed E-state index contributed by atoms with van der Waals surface area (Å²) in [6.07, 6.45) is 8.34. The van der Waals surface area contributed by atoms with Crippen molar-refractivity contribution in [3.05, 3.63) is 89.0 Å². The van der Waals surface area contributed by atoms with Crippen molar-refractivity contribution in [1.29, 1.82) is 0 Å². The van der Waals surface area contributed by atoms with Crippen LogP contribution in [-0.4, -0.2) is 100 Å². The minimum absolute atomic E-state index is 0.106. The molecule has 0 aromatic heterocycles. The zero-order chi connectivity index (χ0) is 31.6.